The van der Waals surface area contributed by atoms with Crippen molar-refractivity contribution in [2.45, 2.75) is 44.3 Å². The zero-order valence-electron chi connectivity index (χ0n) is 10.8. The Bertz CT molecular complexity index is 442. The molecule has 0 unspecified atom stereocenters. The van der Waals surface area contributed by atoms with Crippen molar-refractivity contribution in [2.75, 3.05) is 0 Å². The number of aliphatic hydroxyl groups is 1. The summed E-state index contributed by atoms with van der Waals surface area (Å²) in [7, 11) is 0. The molecule has 1 aliphatic rings. The van der Waals surface area contributed by atoms with Gasteiger partial charge in [-0.05, 0) is 18.4 Å². The lowest BCUT2D eigenvalue weighted by molar-refractivity contribution is -0.153. The van der Waals surface area contributed by atoms with Gasteiger partial charge in [-0.1, -0.05) is 30.3 Å². The second kappa shape index (κ2) is 5.97. The number of carbonyl (C=O) groups excluding carboxylic acids is 2. The molecule has 0 spiro atoms. The lowest BCUT2D eigenvalue weighted by Crippen LogP contribution is -2.36. The van der Waals surface area contributed by atoms with Crippen molar-refractivity contribution in [1.29, 1.82) is 0 Å². The van der Waals surface area contributed by atoms with Crippen LogP contribution < -0.4 is 0 Å². The summed E-state index contributed by atoms with van der Waals surface area (Å²) in [6, 6.07) is 9.41. The minimum Gasteiger partial charge on any atom is -0.461 e. The van der Waals surface area contributed by atoms with Crippen LogP contribution >= 0.6 is 0 Å². The number of ether oxygens (including phenoxy) is 1. The monoisotopic (exact) mass is 262 g/mol. The predicted octanol–water partition coefficient (Wildman–Crippen LogP) is 1.99. The highest BCUT2D eigenvalue weighted by Crippen LogP contribution is 2.29. The third-order valence-electron chi connectivity index (χ3n) is 3.45. The number of Topliss-reactive ketones (excluding diaryl/α,β-unsaturated/α-hetero) is 1. The molecule has 2 rings (SSSR count). The molecule has 0 radical (unpaired) electrons. The molecule has 1 N–H and O–H groups in total. The summed E-state index contributed by atoms with van der Waals surface area (Å²) < 4.78 is 5.14. The number of benzene rings is 1. The highest BCUT2D eigenvalue weighted by molar-refractivity contribution is 5.80. The molecule has 102 valence electrons. The average molecular weight is 262 g/mol. The van der Waals surface area contributed by atoms with Gasteiger partial charge in [-0.3, -0.25) is 9.59 Å². The van der Waals surface area contributed by atoms with Gasteiger partial charge in [-0.15, -0.1) is 0 Å². The lowest BCUT2D eigenvalue weighted by atomic mass is 9.82. The maximum absolute atomic E-state index is 11.7. The van der Waals surface area contributed by atoms with E-state index in [1.54, 1.807) is 0 Å². The first-order valence-electron chi connectivity index (χ1n) is 6.51. The first-order chi connectivity index (χ1) is 9.07. The van der Waals surface area contributed by atoms with Crippen LogP contribution in [0.15, 0.2) is 30.3 Å². The van der Waals surface area contributed by atoms with Crippen molar-refractivity contribution in [3.63, 3.8) is 0 Å². The molecule has 0 heterocycles. The Morgan fingerprint density at radius 3 is 2.47 bits per heavy atom. The average Bonchev–Trinajstić information content (AvgIpc) is 2.41. The van der Waals surface area contributed by atoms with Crippen molar-refractivity contribution in [1.82, 2.24) is 0 Å². The number of ketones is 1. The molecular formula is C15H18O4. The third kappa shape index (κ3) is 4.17. The number of hydrogen-bond donors (Lipinski definition) is 1. The van der Waals surface area contributed by atoms with Gasteiger partial charge in [0.25, 0.3) is 0 Å². The second-order valence-corrected chi connectivity index (χ2v) is 5.09. The van der Waals surface area contributed by atoms with Crippen LogP contribution in [0.5, 0.6) is 0 Å². The van der Waals surface area contributed by atoms with Crippen molar-refractivity contribution in [2.24, 2.45) is 0 Å². The molecule has 4 nitrogen and oxygen atoms in total. The van der Waals surface area contributed by atoms with Crippen LogP contribution in [0.4, 0.5) is 0 Å². The van der Waals surface area contributed by atoms with E-state index < -0.39 is 11.6 Å². The molecule has 1 aromatic rings. The molecule has 0 amide bonds. The first-order valence-corrected chi connectivity index (χ1v) is 6.51. The highest BCUT2D eigenvalue weighted by atomic mass is 16.5. The summed E-state index contributed by atoms with van der Waals surface area (Å²) in [5.41, 5.74) is -0.150. The molecule has 19 heavy (non-hydrogen) atoms. The van der Waals surface area contributed by atoms with Crippen molar-refractivity contribution in [3.8, 4) is 0 Å². The maximum atomic E-state index is 11.7. The molecule has 0 aromatic heterocycles. The van der Waals surface area contributed by atoms with E-state index in [1.807, 2.05) is 30.3 Å². The number of carbonyl (C=O) groups is 2. The van der Waals surface area contributed by atoms with Gasteiger partial charge in [0.15, 0.2) is 0 Å². The third-order valence-corrected chi connectivity index (χ3v) is 3.45. The molecule has 0 atom stereocenters. The smallest absolute Gasteiger partial charge is 0.309 e. The number of hydrogen-bond acceptors (Lipinski definition) is 4. The van der Waals surface area contributed by atoms with E-state index in [0.29, 0.717) is 25.7 Å². The Hall–Kier alpha value is -1.68. The largest absolute Gasteiger partial charge is 0.461 e. The summed E-state index contributed by atoms with van der Waals surface area (Å²) in [6.45, 7) is 0.217. The van der Waals surface area contributed by atoms with Gasteiger partial charge in [-0.2, -0.15) is 0 Å². The summed E-state index contributed by atoms with van der Waals surface area (Å²) in [4.78, 5) is 22.8. The van der Waals surface area contributed by atoms with E-state index in [0.717, 1.165) is 5.56 Å². The topological polar surface area (TPSA) is 63.6 Å². The van der Waals surface area contributed by atoms with Crippen LogP contribution in [0.3, 0.4) is 0 Å². The van der Waals surface area contributed by atoms with E-state index in [1.165, 1.54) is 0 Å². The van der Waals surface area contributed by atoms with E-state index in [2.05, 4.69) is 0 Å². The van der Waals surface area contributed by atoms with Crippen LogP contribution in [-0.2, 0) is 20.9 Å². The first kappa shape index (κ1) is 13.7. The van der Waals surface area contributed by atoms with Crippen LogP contribution in [-0.4, -0.2) is 22.5 Å². The van der Waals surface area contributed by atoms with Gasteiger partial charge in [0.1, 0.15) is 12.4 Å². The minimum atomic E-state index is -1.07. The van der Waals surface area contributed by atoms with E-state index in [4.69, 9.17) is 4.74 Å². The Morgan fingerprint density at radius 1 is 1.21 bits per heavy atom. The Morgan fingerprint density at radius 2 is 1.84 bits per heavy atom. The second-order valence-electron chi connectivity index (χ2n) is 5.09. The van der Waals surface area contributed by atoms with E-state index >= 15 is 0 Å². The van der Waals surface area contributed by atoms with Gasteiger partial charge in [0, 0.05) is 12.8 Å². The van der Waals surface area contributed by atoms with Gasteiger partial charge in [-0.25, -0.2) is 0 Å². The quantitative estimate of drug-likeness (QED) is 0.843. The molecule has 0 saturated heterocycles. The Kier molecular flexibility index (Phi) is 4.32. The molecular weight excluding hydrogens is 244 g/mol. The molecule has 1 fully saturated rings. The Labute approximate surface area is 112 Å². The molecule has 1 saturated carbocycles. The van der Waals surface area contributed by atoms with Crippen molar-refractivity contribution < 1.29 is 19.4 Å². The van der Waals surface area contributed by atoms with Crippen LogP contribution in [0, 0.1) is 0 Å². The fourth-order valence-electron chi connectivity index (χ4n) is 2.23. The van der Waals surface area contributed by atoms with Crippen LogP contribution in [0.25, 0.3) is 0 Å². The van der Waals surface area contributed by atoms with Gasteiger partial charge in [0.2, 0.25) is 0 Å². The SMILES string of the molecule is O=C1CCC(O)(CC(=O)OCc2ccccc2)CC1. The van der Waals surface area contributed by atoms with Crippen LogP contribution in [0.2, 0.25) is 0 Å². The zero-order chi connectivity index (χ0) is 13.7. The Balaban J connectivity index is 1.79. The maximum Gasteiger partial charge on any atom is 0.309 e. The van der Waals surface area contributed by atoms with Crippen molar-refractivity contribution in [3.05, 3.63) is 35.9 Å². The standard InChI is InChI=1S/C15H18O4/c16-13-6-8-15(18,9-7-13)10-14(17)19-11-12-4-2-1-3-5-12/h1-5,18H,6-11H2. The predicted molar refractivity (Wildman–Crippen MR) is 69.3 cm³/mol. The fourth-order valence-corrected chi connectivity index (χ4v) is 2.23. The summed E-state index contributed by atoms with van der Waals surface area (Å²) in [6.07, 6.45) is 1.37. The lowest BCUT2D eigenvalue weighted by Gasteiger charge is -2.30. The van der Waals surface area contributed by atoms with Gasteiger partial charge >= 0.3 is 5.97 Å². The molecule has 1 aromatic carbocycles. The molecule has 0 bridgehead atoms. The summed E-state index contributed by atoms with van der Waals surface area (Å²) in [5, 5.41) is 10.2. The molecule has 0 aliphatic heterocycles. The zero-order valence-corrected chi connectivity index (χ0v) is 10.8. The van der Waals surface area contributed by atoms with Gasteiger partial charge < -0.3 is 9.84 Å². The highest BCUT2D eigenvalue weighted by Gasteiger charge is 2.35. The number of esters is 1. The van der Waals surface area contributed by atoms with Crippen molar-refractivity contribution >= 4 is 11.8 Å². The molecule has 1 aliphatic carbocycles. The fraction of sp³-hybridized carbons (Fsp3) is 0.467. The normalized spacial score (nSPS) is 18.1. The van der Waals surface area contributed by atoms with E-state index in [-0.39, 0.29) is 18.8 Å². The molecule has 4 heteroatoms. The van der Waals surface area contributed by atoms with Crippen LogP contribution in [0.1, 0.15) is 37.7 Å². The van der Waals surface area contributed by atoms with Gasteiger partial charge in [0.05, 0.1) is 12.0 Å². The minimum absolute atomic E-state index is 0.0346. The summed E-state index contributed by atoms with van der Waals surface area (Å²) >= 11 is 0. The van der Waals surface area contributed by atoms with E-state index in [9.17, 15) is 14.7 Å². The summed E-state index contributed by atoms with van der Waals surface area (Å²) in [5.74, 6) is -0.261. The number of rotatable bonds is 4.